The van der Waals surface area contributed by atoms with E-state index in [1.54, 1.807) is 11.1 Å². The van der Waals surface area contributed by atoms with Gasteiger partial charge < -0.3 is 4.90 Å². The largest absolute Gasteiger partial charge is 0.342 e. The van der Waals surface area contributed by atoms with Crippen molar-refractivity contribution in [3.05, 3.63) is 30.0 Å². The maximum atomic E-state index is 12.1. The van der Waals surface area contributed by atoms with Gasteiger partial charge in [-0.25, -0.2) is 0 Å². The van der Waals surface area contributed by atoms with Crippen molar-refractivity contribution in [2.45, 2.75) is 19.8 Å². The van der Waals surface area contributed by atoms with Crippen molar-refractivity contribution in [1.29, 1.82) is 0 Å². The number of carbonyl (C=O) groups is 1. The third-order valence-corrected chi connectivity index (χ3v) is 2.88. The van der Waals surface area contributed by atoms with Crippen molar-refractivity contribution in [3.63, 3.8) is 0 Å². The van der Waals surface area contributed by atoms with Crippen LogP contribution in [0.5, 0.6) is 0 Å². The Labute approximate surface area is 101 Å². The van der Waals surface area contributed by atoms with Gasteiger partial charge in [0.2, 0.25) is 0 Å². The fourth-order valence-electron chi connectivity index (χ4n) is 1.79. The molecule has 0 aliphatic carbocycles. The summed E-state index contributed by atoms with van der Waals surface area (Å²) in [5.41, 5.74) is 1.68. The van der Waals surface area contributed by atoms with Crippen LogP contribution in [0.4, 0.5) is 0 Å². The van der Waals surface area contributed by atoms with Gasteiger partial charge in [0.25, 0.3) is 5.91 Å². The Bertz CT molecular complexity index is 518. The number of aromatic amines is 1. The van der Waals surface area contributed by atoms with E-state index in [1.165, 1.54) is 0 Å². The Morgan fingerprint density at radius 3 is 3.06 bits per heavy atom. The number of hydrogen-bond donors (Lipinski definition) is 1. The average Bonchev–Trinajstić information content (AvgIpc) is 2.81. The Kier molecular flexibility index (Phi) is 3.42. The minimum atomic E-state index is 0.0709. The van der Waals surface area contributed by atoms with Crippen molar-refractivity contribution in [2.75, 3.05) is 13.6 Å². The van der Waals surface area contributed by atoms with Crippen LogP contribution in [0.2, 0.25) is 0 Å². The summed E-state index contributed by atoms with van der Waals surface area (Å²) < 4.78 is 0. The molecule has 0 aliphatic heterocycles. The minimum absolute atomic E-state index is 0.0709. The standard InChI is InChI=1S/C13H17N3O/c1-3-4-7-16(2)13(17)10-5-6-12-11(8-10)9-14-15-12/h5-6,8-9H,3-4,7H2,1-2H3,(H,14,15). The van der Waals surface area contributed by atoms with Crippen LogP contribution in [0.15, 0.2) is 24.4 Å². The highest BCUT2D eigenvalue weighted by Gasteiger charge is 2.11. The zero-order chi connectivity index (χ0) is 12.3. The summed E-state index contributed by atoms with van der Waals surface area (Å²) >= 11 is 0. The lowest BCUT2D eigenvalue weighted by Crippen LogP contribution is -2.27. The predicted molar refractivity (Wildman–Crippen MR) is 68.0 cm³/mol. The summed E-state index contributed by atoms with van der Waals surface area (Å²) in [6.07, 6.45) is 3.87. The smallest absolute Gasteiger partial charge is 0.253 e. The summed E-state index contributed by atoms with van der Waals surface area (Å²) in [6.45, 7) is 2.93. The molecule has 1 heterocycles. The predicted octanol–water partition coefficient (Wildman–Crippen LogP) is 2.44. The molecule has 0 atom stereocenters. The van der Waals surface area contributed by atoms with Crippen LogP contribution in [-0.2, 0) is 0 Å². The fourth-order valence-corrected chi connectivity index (χ4v) is 1.79. The SMILES string of the molecule is CCCCN(C)C(=O)c1ccc2[nH]ncc2c1. The number of benzene rings is 1. The molecule has 0 unspecified atom stereocenters. The van der Waals surface area contributed by atoms with Crippen molar-refractivity contribution in [2.24, 2.45) is 0 Å². The zero-order valence-corrected chi connectivity index (χ0v) is 10.2. The normalized spacial score (nSPS) is 10.7. The van der Waals surface area contributed by atoms with E-state index in [0.29, 0.717) is 0 Å². The topological polar surface area (TPSA) is 49.0 Å². The van der Waals surface area contributed by atoms with Gasteiger partial charge in [0.15, 0.2) is 0 Å². The molecule has 1 aromatic carbocycles. The summed E-state index contributed by atoms with van der Waals surface area (Å²) in [5.74, 6) is 0.0709. The van der Waals surface area contributed by atoms with Gasteiger partial charge in [-0.3, -0.25) is 9.89 Å². The highest BCUT2D eigenvalue weighted by Crippen LogP contribution is 2.14. The lowest BCUT2D eigenvalue weighted by Gasteiger charge is -2.16. The van der Waals surface area contributed by atoms with E-state index in [9.17, 15) is 4.79 Å². The van der Waals surface area contributed by atoms with Crippen LogP contribution in [0.25, 0.3) is 10.9 Å². The van der Waals surface area contributed by atoms with E-state index in [4.69, 9.17) is 0 Å². The third-order valence-electron chi connectivity index (χ3n) is 2.88. The number of hydrogen-bond acceptors (Lipinski definition) is 2. The van der Waals surface area contributed by atoms with Gasteiger partial charge in [-0.2, -0.15) is 5.10 Å². The average molecular weight is 231 g/mol. The molecule has 0 aliphatic rings. The van der Waals surface area contributed by atoms with Crippen LogP contribution in [-0.4, -0.2) is 34.6 Å². The van der Waals surface area contributed by atoms with E-state index in [2.05, 4.69) is 17.1 Å². The van der Waals surface area contributed by atoms with Gasteiger partial charge in [-0.15, -0.1) is 0 Å². The summed E-state index contributed by atoms with van der Waals surface area (Å²) in [4.78, 5) is 13.9. The summed E-state index contributed by atoms with van der Waals surface area (Å²) in [5, 5.41) is 7.79. The highest BCUT2D eigenvalue weighted by atomic mass is 16.2. The Balaban J connectivity index is 2.17. The lowest BCUT2D eigenvalue weighted by atomic mass is 10.1. The first-order chi connectivity index (χ1) is 8.22. The van der Waals surface area contributed by atoms with E-state index in [-0.39, 0.29) is 5.91 Å². The van der Waals surface area contributed by atoms with Gasteiger partial charge in [-0.1, -0.05) is 13.3 Å². The summed E-state index contributed by atoms with van der Waals surface area (Å²) in [7, 11) is 1.84. The number of nitrogens with zero attached hydrogens (tertiary/aromatic N) is 2. The monoisotopic (exact) mass is 231 g/mol. The first-order valence-corrected chi connectivity index (χ1v) is 5.91. The van der Waals surface area contributed by atoms with Gasteiger partial charge in [-0.05, 0) is 24.6 Å². The number of nitrogens with one attached hydrogen (secondary N) is 1. The number of unbranched alkanes of at least 4 members (excludes halogenated alkanes) is 1. The molecule has 0 saturated heterocycles. The van der Waals surface area contributed by atoms with E-state index < -0.39 is 0 Å². The second kappa shape index (κ2) is 4.99. The second-order valence-corrected chi connectivity index (χ2v) is 4.25. The summed E-state index contributed by atoms with van der Waals surface area (Å²) in [6, 6.07) is 5.61. The Morgan fingerprint density at radius 2 is 2.29 bits per heavy atom. The molecule has 0 saturated carbocycles. The first kappa shape index (κ1) is 11.6. The number of aromatic nitrogens is 2. The Morgan fingerprint density at radius 1 is 1.47 bits per heavy atom. The zero-order valence-electron chi connectivity index (χ0n) is 10.2. The van der Waals surface area contributed by atoms with Crippen LogP contribution < -0.4 is 0 Å². The third kappa shape index (κ3) is 2.46. The molecule has 0 radical (unpaired) electrons. The molecule has 90 valence electrons. The number of carbonyl (C=O) groups excluding carboxylic acids is 1. The Hall–Kier alpha value is -1.84. The molecule has 1 amide bonds. The first-order valence-electron chi connectivity index (χ1n) is 5.91. The van der Waals surface area contributed by atoms with Gasteiger partial charge >= 0.3 is 0 Å². The molecular weight excluding hydrogens is 214 g/mol. The van der Waals surface area contributed by atoms with Crippen molar-refractivity contribution < 1.29 is 4.79 Å². The van der Waals surface area contributed by atoms with Crippen molar-refractivity contribution >= 4 is 16.8 Å². The number of fused-ring (bicyclic) bond motifs is 1. The van der Waals surface area contributed by atoms with Crippen molar-refractivity contribution in [1.82, 2.24) is 15.1 Å². The molecule has 1 aromatic heterocycles. The van der Waals surface area contributed by atoms with Crippen molar-refractivity contribution in [3.8, 4) is 0 Å². The molecule has 1 N–H and O–H groups in total. The number of amides is 1. The molecular formula is C13H17N3O. The van der Waals surface area contributed by atoms with Crippen LogP contribution in [0.1, 0.15) is 30.1 Å². The van der Waals surface area contributed by atoms with E-state index in [1.807, 2.05) is 25.2 Å². The van der Waals surface area contributed by atoms with Crippen LogP contribution in [0, 0.1) is 0 Å². The second-order valence-electron chi connectivity index (χ2n) is 4.25. The van der Waals surface area contributed by atoms with Gasteiger partial charge in [0.1, 0.15) is 0 Å². The van der Waals surface area contributed by atoms with E-state index >= 15 is 0 Å². The van der Waals surface area contributed by atoms with E-state index in [0.717, 1.165) is 35.9 Å². The number of H-pyrrole nitrogens is 1. The lowest BCUT2D eigenvalue weighted by molar-refractivity contribution is 0.0793. The molecule has 0 fully saturated rings. The van der Waals surface area contributed by atoms with Gasteiger partial charge in [0, 0.05) is 24.5 Å². The van der Waals surface area contributed by atoms with Crippen LogP contribution >= 0.6 is 0 Å². The molecule has 2 aromatic rings. The molecule has 4 nitrogen and oxygen atoms in total. The quantitative estimate of drug-likeness (QED) is 0.878. The maximum absolute atomic E-state index is 12.1. The molecule has 4 heteroatoms. The number of rotatable bonds is 4. The highest BCUT2D eigenvalue weighted by molar-refractivity contribution is 5.97. The minimum Gasteiger partial charge on any atom is -0.342 e. The maximum Gasteiger partial charge on any atom is 0.253 e. The van der Waals surface area contributed by atoms with Gasteiger partial charge in [0.05, 0.1) is 11.7 Å². The molecule has 17 heavy (non-hydrogen) atoms. The molecule has 0 spiro atoms. The molecule has 0 bridgehead atoms. The molecule has 2 rings (SSSR count). The fraction of sp³-hybridized carbons (Fsp3) is 0.385. The van der Waals surface area contributed by atoms with Crippen LogP contribution in [0.3, 0.4) is 0 Å².